The minimum absolute atomic E-state index is 0.304. The molecular formula is C17H18ClNO4. The van der Waals surface area contributed by atoms with Gasteiger partial charge in [0.2, 0.25) is 0 Å². The highest BCUT2D eigenvalue weighted by atomic mass is 35.5. The molecule has 5 nitrogen and oxygen atoms in total. The van der Waals surface area contributed by atoms with Gasteiger partial charge in [-0.05, 0) is 49.4 Å². The quantitative estimate of drug-likeness (QED) is 0.873. The van der Waals surface area contributed by atoms with Crippen molar-refractivity contribution in [3.63, 3.8) is 0 Å². The van der Waals surface area contributed by atoms with Gasteiger partial charge in [-0.15, -0.1) is 0 Å². The molecule has 0 bridgehead atoms. The van der Waals surface area contributed by atoms with E-state index in [2.05, 4.69) is 5.32 Å². The summed E-state index contributed by atoms with van der Waals surface area (Å²) in [4.78, 5) is 12.3. The van der Waals surface area contributed by atoms with Gasteiger partial charge in [0.25, 0.3) is 5.91 Å². The van der Waals surface area contributed by atoms with Crippen molar-refractivity contribution < 1.29 is 19.0 Å². The Labute approximate surface area is 140 Å². The van der Waals surface area contributed by atoms with Crippen LogP contribution in [0.1, 0.15) is 6.92 Å². The predicted molar refractivity (Wildman–Crippen MR) is 89.7 cm³/mol. The Kier molecular flexibility index (Phi) is 5.71. The number of anilines is 1. The Bertz CT molecular complexity index is 673. The molecule has 2 rings (SSSR count). The van der Waals surface area contributed by atoms with Crippen LogP contribution in [0.4, 0.5) is 5.69 Å². The normalized spacial score (nSPS) is 11.5. The van der Waals surface area contributed by atoms with Crippen LogP contribution in [0.15, 0.2) is 42.5 Å². The lowest BCUT2D eigenvalue weighted by Crippen LogP contribution is -2.30. The minimum atomic E-state index is -0.688. The highest BCUT2D eigenvalue weighted by molar-refractivity contribution is 6.31. The van der Waals surface area contributed by atoms with E-state index in [1.807, 2.05) is 0 Å². The van der Waals surface area contributed by atoms with Crippen LogP contribution in [0.25, 0.3) is 0 Å². The summed E-state index contributed by atoms with van der Waals surface area (Å²) >= 11 is 5.95. The summed E-state index contributed by atoms with van der Waals surface area (Å²) in [6.45, 7) is 1.66. The van der Waals surface area contributed by atoms with Crippen molar-refractivity contribution in [2.75, 3.05) is 19.5 Å². The molecule has 0 heterocycles. The first-order valence-corrected chi connectivity index (χ1v) is 7.36. The monoisotopic (exact) mass is 335 g/mol. The summed E-state index contributed by atoms with van der Waals surface area (Å²) in [6, 6.07) is 12.0. The predicted octanol–water partition coefficient (Wildman–Crippen LogP) is 3.76. The molecule has 0 aliphatic heterocycles. The molecular weight excluding hydrogens is 318 g/mol. The molecule has 0 saturated carbocycles. The fourth-order valence-electron chi connectivity index (χ4n) is 1.92. The zero-order chi connectivity index (χ0) is 16.8. The van der Waals surface area contributed by atoms with Gasteiger partial charge in [0.1, 0.15) is 17.2 Å². The Morgan fingerprint density at radius 2 is 1.70 bits per heavy atom. The van der Waals surface area contributed by atoms with Gasteiger partial charge in [0, 0.05) is 5.02 Å². The van der Waals surface area contributed by atoms with Gasteiger partial charge in [-0.3, -0.25) is 4.79 Å². The number of nitrogens with one attached hydrogen (secondary N) is 1. The standard InChI is InChI=1S/C17H18ClNO4/c1-11(23-14-7-5-13(21-2)6-8-14)17(20)19-15-10-12(18)4-9-16(15)22-3/h4-11H,1-3H3,(H,19,20)/t11-/m1/s1. The molecule has 6 heteroatoms. The lowest BCUT2D eigenvalue weighted by Gasteiger charge is -2.16. The number of carbonyl (C=O) groups is 1. The summed E-state index contributed by atoms with van der Waals surface area (Å²) in [7, 11) is 3.11. The summed E-state index contributed by atoms with van der Waals surface area (Å²) in [6.07, 6.45) is -0.688. The summed E-state index contributed by atoms with van der Waals surface area (Å²) in [5, 5.41) is 3.25. The minimum Gasteiger partial charge on any atom is -0.497 e. The van der Waals surface area contributed by atoms with Crippen LogP contribution in [-0.2, 0) is 4.79 Å². The van der Waals surface area contributed by atoms with Crippen molar-refractivity contribution in [3.8, 4) is 17.2 Å². The molecule has 1 N–H and O–H groups in total. The Hall–Kier alpha value is -2.40. The maximum Gasteiger partial charge on any atom is 0.265 e. The second kappa shape index (κ2) is 7.74. The number of benzene rings is 2. The van der Waals surface area contributed by atoms with Crippen molar-refractivity contribution in [1.82, 2.24) is 0 Å². The smallest absolute Gasteiger partial charge is 0.265 e. The van der Waals surface area contributed by atoms with E-state index in [-0.39, 0.29) is 5.91 Å². The Morgan fingerprint density at radius 1 is 1.04 bits per heavy atom. The van der Waals surface area contributed by atoms with E-state index >= 15 is 0 Å². The number of hydrogen-bond acceptors (Lipinski definition) is 4. The number of ether oxygens (including phenoxy) is 3. The second-order valence-corrected chi connectivity index (χ2v) is 5.21. The molecule has 0 aromatic heterocycles. The SMILES string of the molecule is COc1ccc(O[C@H](C)C(=O)Nc2cc(Cl)ccc2OC)cc1. The number of amides is 1. The third-order valence-corrected chi connectivity index (χ3v) is 3.40. The molecule has 1 atom stereocenters. The van der Waals surface area contributed by atoms with Gasteiger partial charge < -0.3 is 19.5 Å². The third kappa shape index (κ3) is 4.53. The zero-order valence-corrected chi connectivity index (χ0v) is 13.9. The topological polar surface area (TPSA) is 56.8 Å². The Balaban J connectivity index is 2.03. The highest BCUT2D eigenvalue weighted by Crippen LogP contribution is 2.28. The molecule has 0 aliphatic carbocycles. The first-order chi connectivity index (χ1) is 11.0. The number of halogens is 1. The Morgan fingerprint density at radius 3 is 2.30 bits per heavy atom. The molecule has 0 spiro atoms. The summed E-state index contributed by atoms with van der Waals surface area (Å²) in [5.41, 5.74) is 0.496. The second-order valence-electron chi connectivity index (χ2n) is 4.77. The van der Waals surface area contributed by atoms with Crippen LogP contribution >= 0.6 is 11.6 Å². The lowest BCUT2D eigenvalue weighted by atomic mass is 10.2. The van der Waals surface area contributed by atoms with Gasteiger partial charge in [-0.25, -0.2) is 0 Å². The van der Waals surface area contributed by atoms with E-state index in [9.17, 15) is 4.79 Å². The summed E-state index contributed by atoms with van der Waals surface area (Å²) in [5.74, 6) is 1.52. The van der Waals surface area contributed by atoms with Crippen molar-refractivity contribution in [1.29, 1.82) is 0 Å². The fourth-order valence-corrected chi connectivity index (χ4v) is 2.10. The van der Waals surface area contributed by atoms with Crippen LogP contribution in [0.2, 0.25) is 5.02 Å². The summed E-state index contributed by atoms with van der Waals surface area (Å²) < 4.78 is 15.9. The van der Waals surface area contributed by atoms with Crippen molar-refractivity contribution >= 4 is 23.2 Å². The largest absolute Gasteiger partial charge is 0.497 e. The molecule has 0 aliphatic rings. The van der Waals surface area contributed by atoms with E-state index in [1.54, 1.807) is 56.5 Å². The average molecular weight is 336 g/mol. The molecule has 0 unspecified atom stereocenters. The van der Waals surface area contributed by atoms with E-state index < -0.39 is 6.10 Å². The average Bonchev–Trinajstić information content (AvgIpc) is 2.55. The van der Waals surface area contributed by atoms with Crippen LogP contribution in [0.5, 0.6) is 17.2 Å². The number of methoxy groups -OCH3 is 2. The van der Waals surface area contributed by atoms with E-state index in [4.69, 9.17) is 25.8 Å². The van der Waals surface area contributed by atoms with Crippen LogP contribution in [0.3, 0.4) is 0 Å². The number of carbonyl (C=O) groups excluding carboxylic acids is 1. The first kappa shape index (κ1) is 17.0. The lowest BCUT2D eigenvalue weighted by molar-refractivity contribution is -0.122. The van der Waals surface area contributed by atoms with Gasteiger partial charge in [0.15, 0.2) is 6.10 Å². The van der Waals surface area contributed by atoms with Crippen molar-refractivity contribution in [3.05, 3.63) is 47.5 Å². The van der Waals surface area contributed by atoms with Crippen molar-refractivity contribution in [2.24, 2.45) is 0 Å². The van der Waals surface area contributed by atoms with Gasteiger partial charge >= 0.3 is 0 Å². The molecule has 122 valence electrons. The highest BCUT2D eigenvalue weighted by Gasteiger charge is 2.17. The molecule has 0 radical (unpaired) electrons. The van der Waals surface area contributed by atoms with Gasteiger partial charge in [0.05, 0.1) is 19.9 Å². The van der Waals surface area contributed by atoms with E-state index in [1.165, 1.54) is 7.11 Å². The number of rotatable bonds is 6. The fraction of sp³-hybridized carbons (Fsp3) is 0.235. The molecule has 1 amide bonds. The third-order valence-electron chi connectivity index (χ3n) is 3.16. The molecule has 23 heavy (non-hydrogen) atoms. The first-order valence-electron chi connectivity index (χ1n) is 6.98. The van der Waals surface area contributed by atoms with E-state index in [0.29, 0.717) is 22.2 Å². The molecule has 2 aromatic carbocycles. The molecule has 0 fully saturated rings. The maximum absolute atomic E-state index is 12.3. The van der Waals surface area contributed by atoms with Crippen LogP contribution in [-0.4, -0.2) is 26.2 Å². The van der Waals surface area contributed by atoms with Gasteiger partial charge in [-0.1, -0.05) is 11.6 Å². The van der Waals surface area contributed by atoms with Gasteiger partial charge in [-0.2, -0.15) is 0 Å². The van der Waals surface area contributed by atoms with Crippen molar-refractivity contribution in [2.45, 2.75) is 13.0 Å². The maximum atomic E-state index is 12.3. The van der Waals surface area contributed by atoms with Crippen LogP contribution in [0, 0.1) is 0 Å². The molecule has 2 aromatic rings. The van der Waals surface area contributed by atoms with Crippen LogP contribution < -0.4 is 19.5 Å². The molecule has 0 saturated heterocycles. The number of hydrogen-bond donors (Lipinski definition) is 1. The van der Waals surface area contributed by atoms with E-state index in [0.717, 1.165) is 5.75 Å². The zero-order valence-electron chi connectivity index (χ0n) is 13.1.